The van der Waals surface area contributed by atoms with Crippen LogP contribution in [0.5, 0.6) is 0 Å². The number of hydrogen-bond acceptors (Lipinski definition) is 3. The molecule has 0 bridgehead atoms. The SMILES string of the molecule is CCSCCC(C)NC(=O)NCCCCCCC(=O)O. The van der Waals surface area contributed by atoms with E-state index in [-0.39, 0.29) is 18.5 Å². The van der Waals surface area contributed by atoms with Gasteiger partial charge in [-0.25, -0.2) is 4.79 Å². The summed E-state index contributed by atoms with van der Waals surface area (Å²) in [5.74, 6) is 1.44. The molecule has 1 unspecified atom stereocenters. The van der Waals surface area contributed by atoms with E-state index in [4.69, 9.17) is 5.11 Å². The van der Waals surface area contributed by atoms with Crippen LogP contribution >= 0.6 is 11.8 Å². The van der Waals surface area contributed by atoms with E-state index in [0.29, 0.717) is 13.0 Å². The molecular weight excluding hydrogens is 276 g/mol. The molecule has 0 rings (SSSR count). The molecule has 0 saturated carbocycles. The molecule has 5 nitrogen and oxygen atoms in total. The fraction of sp³-hybridized carbons (Fsp3) is 0.857. The number of carbonyl (C=O) groups is 2. The summed E-state index contributed by atoms with van der Waals surface area (Å²) in [5, 5.41) is 14.2. The zero-order chi connectivity index (χ0) is 15.2. The van der Waals surface area contributed by atoms with Gasteiger partial charge in [0.25, 0.3) is 0 Å². The number of carbonyl (C=O) groups excluding carboxylic acids is 1. The van der Waals surface area contributed by atoms with Gasteiger partial charge in [-0.3, -0.25) is 4.79 Å². The van der Waals surface area contributed by atoms with E-state index in [2.05, 4.69) is 17.6 Å². The highest BCUT2D eigenvalue weighted by Gasteiger charge is 2.05. The van der Waals surface area contributed by atoms with Gasteiger partial charge in [0, 0.05) is 19.0 Å². The minimum Gasteiger partial charge on any atom is -0.481 e. The number of carboxylic acid groups (broad SMARTS) is 1. The van der Waals surface area contributed by atoms with Crippen LogP contribution in [0.2, 0.25) is 0 Å². The maximum atomic E-state index is 11.6. The van der Waals surface area contributed by atoms with Crippen molar-refractivity contribution in [1.82, 2.24) is 10.6 Å². The van der Waals surface area contributed by atoms with Gasteiger partial charge >= 0.3 is 12.0 Å². The second-order valence-electron chi connectivity index (χ2n) is 4.84. The number of unbranched alkanes of at least 4 members (excludes halogenated alkanes) is 3. The van der Waals surface area contributed by atoms with Gasteiger partial charge in [-0.1, -0.05) is 19.8 Å². The molecule has 0 heterocycles. The van der Waals surface area contributed by atoms with Crippen molar-refractivity contribution in [1.29, 1.82) is 0 Å². The lowest BCUT2D eigenvalue weighted by molar-refractivity contribution is -0.137. The van der Waals surface area contributed by atoms with E-state index >= 15 is 0 Å². The number of amides is 2. The van der Waals surface area contributed by atoms with Crippen molar-refractivity contribution >= 4 is 23.8 Å². The minimum atomic E-state index is -0.738. The highest BCUT2D eigenvalue weighted by atomic mass is 32.2. The van der Waals surface area contributed by atoms with Crippen molar-refractivity contribution in [2.45, 2.75) is 58.4 Å². The first kappa shape index (κ1) is 19.1. The van der Waals surface area contributed by atoms with E-state index in [0.717, 1.165) is 37.2 Å². The molecule has 0 aliphatic carbocycles. The minimum absolute atomic E-state index is 0.107. The Hall–Kier alpha value is -0.910. The van der Waals surface area contributed by atoms with Gasteiger partial charge in [0.15, 0.2) is 0 Å². The summed E-state index contributed by atoms with van der Waals surface area (Å²) >= 11 is 1.88. The molecule has 6 heteroatoms. The predicted molar refractivity (Wildman–Crippen MR) is 84.3 cm³/mol. The fourth-order valence-electron chi connectivity index (χ4n) is 1.71. The lowest BCUT2D eigenvalue weighted by Crippen LogP contribution is -2.41. The Morgan fingerprint density at radius 1 is 1.20 bits per heavy atom. The largest absolute Gasteiger partial charge is 0.481 e. The highest BCUT2D eigenvalue weighted by molar-refractivity contribution is 7.99. The van der Waals surface area contributed by atoms with Crippen LogP contribution in [-0.2, 0) is 4.79 Å². The Labute approximate surface area is 126 Å². The van der Waals surface area contributed by atoms with Gasteiger partial charge in [-0.05, 0) is 37.7 Å². The van der Waals surface area contributed by atoms with E-state index in [9.17, 15) is 9.59 Å². The standard InChI is InChI=1S/C14H28N2O3S/c1-3-20-11-9-12(2)16-14(19)15-10-7-5-4-6-8-13(17)18/h12H,3-11H2,1-2H3,(H,17,18)(H2,15,16,19). The van der Waals surface area contributed by atoms with Crippen molar-refractivity contribution in [3.8, 4) is 0 Å². The quantitative estimate of drug-likeness (QED) is 0.484. The monoisotopic (exact) mass is 304 g/mol. The van der Waals surface area contributed by atoms with E-state index < -0.39 is 5.97 Å². The van der Waals surface area contributed by atoms with Gasteiger partial charge < -0.3 is 15.7 Å². The molecular formula is C14H28N2O3S. The molecule has 0 aliphatic heterocycles. The predicted octanol–water partition coefficient (Wildman–Crippen LogP) is 2.85. The van der Waals surface area contributed by atoms with Crippen molar-refractivity contribution in [3.05, 3.63) is 0 Å². The second kappa shape index (κ2) is 13.1. The first-order valence-corrected chi connectivity index (χ1v) is 8.55. The number of thioether (sulfide) groups is 1. The van der Waals surface area contributed by atoms with Crippen LogP contribution in [0.3, 0.4) is 0 Å². The summed E-state index contributed by atoms with van der Waals surface area (Å²) in [5.41, 5.74) is 0. The Bertz CT molecular complexity index is 275. The lowest BCUT2D eigenvalue weighted by atomic mass is 10.1. The Kier molecular flexibility index (Phi) is 12.5. The van der Waals surface area contributed by atoms with Crippen molar-refractivity contribution in [3.63, 3.8) is 0 Å². The first-order chi connectivity index (χ1) is 9.56. The third-order valence-corrected chi connectivity index (χ3v) is 3.81. The van der Waals surface area contributed by atoms with Crippen molar-refractivity contribution in [2.75, 3.05) is 18.1 Å². The maximum Gasteiger partial charge on any atom is 0.314 e. The van der Waals surface area contributed by atoms with Gasteiger partial charge in [0.2, 0.25) is 0 Å². The van der Waals surface area contributed by atoms with Crippen molar-refractivity contribution in [2.24, 2.45) is 0 Å². The third-order valence-electron chi connectivity index (χ3n) is 2.88. The van der Waals surface area contributed by atoms with Crippen LogP contribution in [0.1, 0.15) is 52.4 Å². The number of aliphatic carboxylic acids is 1. The first-order valence-electron chi connectivity index (χ1n) is 7.40. The van der Waals surface area contributed by atoms with Crippen LogP contribution < -0.4 is 10.6 Å². The molecule has 0 fully saturated rings. The fourth-order valence-corrected chi connectivity index (χ4v) is 2.52. The molecule has 0 saturated heterocycles. The average Bonchev–Trinajstić information content (AvgIpc) is 2.37. The third kappa shape index (κ3) is 13.5. The zero-order valence-corrected chi connectivity index (χ0v) is 13.4. The summed E-state index contributed by atoms with van der Waals surface area (Å²) in [6, 6.07) is 0.0918. The maximum absolute atomic E-state index is 11.6. The van der Waals surface area contributed by atoms with Crippen molar-refractivity contribution < 1.29 is 14.7 Å². The smallest absolute Gasteiger partial charge is 0.314 e. The summed E-state index contributed by atoms with van der Waals surface area (Å²) in [4.78, 5) is 21.9. The Morgan fingerprint density at radius 2 is 1.90 bits per heavy atom. The second-order valence-corrected chi connectivity index (χ2v) is 6.24. The van der Waals surface area contributed by atoms with Gasteiger partial charge in [0.05, 0.1) is 0 Å². The van der Waals surface area contributed by atoms with Gasteiger partial charge in [0.1, 0.15) is 0 Å². The molecule has 1 atom stereocenters. The lowest BCUT2D eigenvalue weighted by Gasteiger charge is -2.14. The number of hydrogen-bond donors (Lipinski definition) is 3. The molecule has 20 heavy (non-hydrogen) atoms. The number of nitrogens with one attached hydrogen (secondary N) is 2. The number of rotatable bonds is 12. The van der Waals surface area contributed by atoms with Crippen LogP contribution in [0, 0.1) is 0 Å². The van der Waals surface area contributed by atoms with Crippen LogP contribution in [0.4, 0.5) is 4.79 Å². The van der Waals surface area contributed by atoms with Crippen LogP contribution in [0.25, 0.3) is 0 Å². The Morgan fingerprint density at radius 3 is 2.55 bits per heavy atom. The molecule has 0 aromatic rings. The topological polar surface area (TPSA) is 78.4 Å². The molecule has 0 aliphatic rings. The summed E-state index contributed by atoms with van der Waals surface area (Å²) in [6.45, 7) is 4.79. The van der Waals surface area contributed by atoms with E-state index in [1.807, 2.05) is 18.7 Å². The van der Waals surface area contributed by atoms with E-state index in [1.54, 1.807) is 0 Å². The molecule has 0 spiro atoms. The average molecular weight is 304 g/mol. The molecule has 3 N–H and O–H groups in total. The Balaban J connectivity index is 3.37. The molecule has 2 amide bonds. The molecule has 0 radical (unpaired) electrons. The van der Waals surface area contributed by atoms with E-state index in [1.165, 1.54) is 0 Å². The number of carboxylic acids is 1. The van der Waals surface area contributed by atoms with Gasteiger partial charge in [-0.15, -0.1) is 0 Å². The summed E-state index contributed by atoms with van der Waals surface area (Å²) in [7, 11) is 0. The molecule has 118 valence electrons. The summed E-state index contributed by atoms with van der Waals surface area (Å²) < 4.78 is 0. The number of urea groups is 1. The summed E-state index contributed by atoms with van der Waals surface area (Å²) in [6.07, 6.45) is 4.69. The highest BCUT2D eigenvalue weighted by Crippen LogP contribution is 2.04. The zero-order valence-electron chi connectivity index (χ0n) is 12.6. The normalized spacial score (nSPS) is 11.9. The van der Waals surface area contributed by atoms with Gasteiger partial charge in [-0.2, -0.15) is 11.8 Å². The van der Waals surface area contributed by atoms with Crippen LogP contribution in [-0.4, -0.2) is 41.2 Å². The molecule has 0 aromatic heterocycles. The van der Waals surface area contributed by atoms with Crippen LogP contribution in [0.15, 0.2) is 0 Å². The molecule has 0 aromatic carbocycles.